The van der Waals surface area contributed by atoms with E-state index in [9.17, 15) is 4.79 Å². The molecule has 1 aromatic heterocycles. The van der Waals surface area contributed by atoms with Crippen molar-refractivity contribution in [1.82, 2.24) is 10.3 Å². The number of aromatic nitrogens is 1. The van der Waals surface area contributed by atoms with Crippen LogP contribution in [0.15, 0.2) is 36.5 Å². The van der Waals surface area contributed by atoms with Gasteiger partial charge in [-0.05, 0) is 11.6 Å². The van der Waals surface area contributed by atoms with Crippen LogP contribution in [0.2, 0.25) is 0 Å². The third-order valence-electron chi connectivity index (χ3n) is 2.97. The van der Waals surface area contributed by atoms with E-state index < -0.39 is 0 Å². The number of carbonyl (C=O) groups is 1. The van der Waals surface area contributed by atoms with Crippen LogP contribution in [-0.2, 0) is 11.3 Å². The number of fused-ring (bicyclic) bond motifs is 1. The van der Waals surface area contributed by atoms with Crippen LogP contribution in [0.1, 0.15) is 12.5 Å². The molecule has 3 N–H and O–H groups in total. The average molecular weight is 316 g/mol. The van der Waals surface area contributed by atoms with Gasteiger partial charge in [0, 0.05) is 30.6 Å². The molecule has 0 saturated carbocycles. The van der Waals surface area contributed by atoms with Gasteiger partial charge in [-0.25, -0.2) is 0 Å². The zero-order valence-electron chi connectivity index (χ0n) is 11.2. The van der Waals surface area contributed by atoms with Crippen LogP contribution >= 0.6 is 24.8 Å². The summed E-state index contributed by atoms with van der Waals surface area (Å²) in [5, 5.41) is 3.96. The number of amides is 1. The average Bonchev–Trinajstić information content (AvgIpc) is 2.43. The molecule has 20 heavy (non-hydrogen) atoms. The Labute approximate surface area is 131 Å². The molecule has 0 spiro atoms. The maximum Gasteiger partial charge on any atom is 0.224 e. The monoisotopic (exact) mass is 315 g/mol. The molecule has 4 nitrogen and oxygen atoms in total. The molecule has 1 aromatic carbocycles. The summed E-state index contributed by atoms with van der Waals surface area (Å²) in [7, 11) is 0. The van der Waals surface area contributed by atoms with Gasteiger partial charge in [0.05, 0.1) is 5.52 Å². The molecule has 0 aliphatic carbocycles. The number of nitrogens with zero attached hydrogens (tertiary/aromatic N) is 1. The highest BCUT2D eigenvalue weighted by Crippen LogP contribution is 2.15. The summed E-state index contributed by atoms with van der Waals surface area (Å²) in [6, 6.07) is 9.87. The van der Waals surface area contributed by atoms with Crippen molar-refractivity contribution in [2.45, 2.75) is 13.5 Å². The van der Waals surface area contributed by atoms with Crippen LogP contribution in [0.5, 0.6) is 0 Å². The number of para-hydroxylation sites is 1. The summed E-state index contributed by atoms with van der Waals surface area (Å²) >= 11 is 0. The Morgan fingerprint density at radius 2 is 2.00 bits per heavy atom. The fraction of sp³-hybridized carbons (Fsp3) is 0.286. The van der Waals surface area contributed by atoms with E-state index in [1.807, 2.05) is 37.3 Å². The van der Waals surface area contributed by atoms with Gasteiger partial charge < -0.3 is 11.1 Å². The second-order valence-corrected chi connectivity index (χ2v) is 4.35. The summed E-state index contributed by atoms with van der Waals surface area (Å²) < 4.78 is 0. The summed E-state index contributed by atoms with van der Waals surface area (Å²) in [6.45, 7) is 2.66. The molecular weight excluding hydrogens is 297 g/mol. The van der Waals surface area contributed by atoms with Gasteiger partial charge in [-0.2, -0.15) is 0 Å². The van der Waals surface area contributed by atoms with Gasteiger partial charge in [-0.3, -0.25) is 9.78 Å². The van der Waals surface area contributed by atoms with Crippen molar-refractivity contribution in [3.63, 3.8) is 0 Å². The molecule has 6 heteroatoms. The van der Waals surface area contributed by atoms with E-state index in [2.05, 4.69) is 10.3 Å². The number of benzene rings is 1. The molecule has 0 saturated heterocycles. The minimum Gasteiger partial charge on any atom is -0.352 e. The van der Waals surface area contributed by atoms with E-state index in [1.165, 1.54) is 0 Å². The zero-order valence-corrected chi connectivity index (χ0v) is 12.8. The van der Waals surface area contributed by atoms with Crippen LogP contribution < -0.4 is 11.1 Å². The van der Waals surface area contributed by atoms with Gasteiger partial charge in [0.25, 0.3) is 0 Å². The topological polar surface area (TPSA) is 68.0 Å². The van der Waals surface area contributed by atoms with Crippen molar-refractivity contribution >= 4 is 41.6 Å². The van der Waals surface area contributed by atoms with Crippen molar-refractivity contribution in [1.29, 1.82) is 0 Å². The van der Waals surface area contributed by atoms with Gasteiger partial charge in [-0.1, -0.05) is 31.2 Å². The molecule has 0 aliphatic heterocycles. The fourth-order valence-corrected chi connectivity index (χ4v) is 1.77. The van der Waals surface area contributed by atoms with Gasteiger partial charge in [0.15, 0.2) is 0 Å². The van der Waals surface area contributed by atoms with Crippen molar-refractivity contribution in [3.8, 4) is 0 Å². The Morgan fingerprint density at radius 1 is 1.30 bits per heavy atom. The summed E-state index contributed by atoms with van der Waals surface area (Å²) in [6.07, 6.45) is 1.76. The lowest BCUT2D eigenvalue weighted by Gasteiger charge is -2.11. The highest BCUT2D eigenvalue weighted by Gasteiger charge is 2.10. The number of carbonyl (C=O) groups excluding carboxylic acids is 1. The minimum atomic E-state index is -0.159. The molecule has 1 atom stereocenters. The predicted molar refractivity (Wildman–Crippen MR) is 86.3 cm³/mol. The SMILES string of the molecule is CC(CN)C(=O)NCc1cccc2cccnc12.Cl.Cl. The molecule has 0 aliphatic rings. The van der Waals surface area contributed by atoms with Crippen molar-refractivity contribution < 1.29 is 4.79 Å². The van der Waals surface area contributed by atoms with Gasteiger partial charge in [0.2, 0.25) is 5.91 Å². The molecule has 2 aromatic rings. The lowest BCUT2D eigenvalue weighted by molar-refractivity contribution is -0.124. The predicted octanol–water partition coefficient (Wildman–Crippen LogP) is 2.29. The zero-order chi connectivity index (χ0) is 13.0. The lowest BCUT2D eigenvalue weighted by Crippen LogP contribution is -2.32. The Morgan fingerprint density at radius 3 is 2.70 bits per heavy atom. The number of rotatable bonds is 4. The molecule has 1 unspecified atom stereocenters. The molecule has 0 radical (unpaired) electrons. The van der Waals surface area contributed by atoms with Gasteiger partial charge >= 0.3 is 0 Å². The number of nitrogens with one attached hydrogen (secondary N) is 1. The Hall–Kier alpha value is -1.36. The first-order chi connectivity index (χ1) is 8.72. The van der Waals surface area contributed by atoms with Gasteiger partial charge in [0.1, 0.15) is 0 Å². The number of hydrogen-bond acceptors (Lipinski definition) is 3. The molecule has 1 heterocycles. The molecule has 1 amide bonds. The largest absolute Gasteiger partial charge is 0.352 e. The second-order valence-electron chi connectivity index (χ2n) is 4.35. The lowest BCUT2D eigenvalue weighted by atomic mass is 10.1. The van der Waals surface area contributed by atoms with E-state index in [0.29, 0.717) is 13.1 Å². The normalized spacial score (nSPS) is 11.1. The first kappa shape index (κ1) is 18.6. The maximum absolute atomic E-state index is 11.7. The first-order valence-corrected chi connectivity index (χ1v) is 6.02. The Balaban J connectivity index is 0.00000180. The van der Waals surface area contributed by atoms with E-state index in [0.717, 1.165) is 16.5 Å². The molecule has 0 bridgehead atoms. The highest BCUT2D eigenvalue weighted by molar-refractivity contribution is 5.85. The third-order valence-corrected chi connectivity index (χ3v) is 2.97. The Bertz CT molecular complexity index is 558. The second kappa shape index (κ2) is 8.74. The smallest absolute Gasteiger partial charge is 0.224 e. The van der Waals surface area contributed by atoms with Crippen LogP contribution in [0, 0.1) is 5.92 Å². The van der Waals surface area contributed by atoms with E-state index in [1.54, 1.807) is 6.20 Å². The summed E-state index contributed by atoms with van der Waals surface area (Å²) in [5.41, 5.74) is 7.41. The van der Waals surface area contributed by atoms with E-state index >= 15 is 0 Å². The standard InChI is InChI=1S/C14H17N3O.2ClH/c1-10(8-15)14(18)17-9-12-5-2-4-11-6-3-7-16-13(11)12;;/h2-7,10H,8-9,15H2,1H3,(H,17,18);2*1H. The van der Waals surface area contributed by atoms with Crippen LogP contribution in [0.4, 0.5) is 0 Å². The molecule has 110 valence electrons. The molecule has 2 rings (SSSR count). The number of pyridine rings is 1. The van der Waals surface area contributed by atoms with Crippen LogP contribution in [0.25, 0.3) is 10.9 Å². The number of hydrogen-bond donors (Lipinski definition) is 2. The van der Waals surface area contributed by atoms with Crippen molar-refractivity contribution in [3.05, 3.63) is 42.1 Å². The maximum atomic E-state index is 11.7. The summed E-state index contributed by atoms with van der Waals surface area (Å²) in [5.74, 6) is -0.182. The van der Waals surface area contributed by atoms with E-state index in [-0.39, 0.29) is 36.6 Å². The Kier molecular flexibility index (Phi) is 8.15. The highest BCUT2D eigenvalue weighted by atomic mass is 35.5. The summed E-state index contributed by atoms with van der Waals surface area (Å²) in [4.78, 5) is 16.0. The molecular formula is C14H19Cl2N3O. The quantitative estimate of drug-likeness (QED) is 0.909. The fourth-order valence-electron chi connectivity index (χ4n) is 1.77. The van der Waals surface area contributed by atoms with Crippen LogP contribution in [-0.4, -0.2) is 17.4 Å². The number of halogens is 2. The van der Waals surface area contributed by atoms with Gasteiger partial charge in [-0.15, -0.1) is 24.8 Å². The van der Waals surface area contributed by atoms with E-state index in [4.69, 9.17) is 5.73 Å². The third kappa shape index (κ3) is 4.34. The number of nitrogens with two attached hydrogens (primary N) is 1. The molecule has 0 fully saturated rings. The first-order valence-electron chi connectivity index (χ1n) is 6.02. The van der Waals surface area contributed by atoms with Crippen LogP contribution in [0.3, 0.4) is 0 Å². The van der Waals surface area contributed by atoms with Crippen molar-refractivity contribution in [2.24, 2.45) is 11.7 Å². The minimum absolute atomic E-state index is 0. The van der Waals surface area contributed by atoms with Crippen molar-refractivity contribution in [2.75, 3.05) is 6.54 Å².